The molecule has 1 aromatic heterocycles. The lowest BCUT2D eigenvalue weighted by atomic mass is 10.4. The number of guanidine groups is 1. The molecule has 0 radical (unpaired) electrons. The monoisotopic (exact) mass is 210 g/mol. The van der Waals surface area contributed by atoms with Gasteiger partial charge in [0, 0.05) is 18.0 Å². The Hall–Kier alpha value is -1.63. The molecule has 4 N–H and O–H groups in total. The molecule has 7 heteroatoms. The summed E-state index contributed by atoms with van der Waals surface area (Å²) in [5, 5.41) is 7.78. The van der Waals surface area contributed by atoms with Crippen molar-refractivity contribution < 1.29 is 0 Å². The molecule has 0 unspecified atom stereocenters. The summed E-state index contributed by atoms with van der Waals surface area (Å²) in [5.41, 5.74) is 10.9. The maximum absolute atomic E-state index is 5.08. The third-order valence-electron chi connectivity index (χ3n) is 1.21. The van der Waals surface area contributed by atoms with Crippen LogP contribution in [-0.2, 0) is 0 Å². The van der Waals surface area contributed by atoms with Crippen molar-refractivity contribution in [1.82, 2.24) is 9.97 Å². The van der Waals surface area contributed by atoms with E-state index in [9.17, 15) is 0 Å². The number of nitrogens with zero attached hydrogens (tertiary/aromatic N) is 4. The molecule has 1 heterocycles. The first-order chi connectivity index (χ1) is 6.72. The highest BCUT2D eigenvalue weighted by atomic mass is 32.2. The van der Waals surface area contributed by atoms with Crippen LogP contribution in [-0.4, -0.2) is 28.4 Å². The lowest BCUT2D eigenvalue weighted by molar-refractivity contribution is 0.966. The minimum atomic E-state index is -0.0806. The summed E-state index contributed by atoms with van der Waals surface area (Å²) in [6.45, 7) is 0. The van der Waals surface area contributed by atoms with Gasteiger partial charge < -0.3 is 11.5 Å². The highest BCUT2D eigenvalue weighted by Gasteiger charge is 1.92. The molecule has 74 valence electrons. The van der Waals surface area contributed by atoms with E-state index in [4.69, 9.17) is 11.5 Å². The molecule has 1 rings (SSSR count). The van der Waals surface area contributed by atoms with Gasteiger partial charge in [0.25, 0.3) is 0 Å². The second-order valence-electron chi connectivity index (χ2n) is 2.27. The zero-order valence-electron chi connectivity index (χ0n) is 7.58. The van der Waals surface area contributed by atoms with Crippen LogP contribution in [0.4, 0.5) is 0 Å². The van der Waals surface area contributed by atoms with Gasteiger partial charge >= 0.3 is 0 Å². The van der Waals surface area contributed by atoms with Crippen molar-refractivity contribution in [2.24, 2.45) is 21.7 Å². The van der Waals surface area contributed by atoms with Crippen molar-refractivity contribution in [2.45, 2.75) is 5.16 Å². The van der Waals surface area contributed by atoms with Gasteiger partial charge in [0.15, 0.2) is 5.16 Å². The quantitative estimate of drug-likeness (QED) is 0.236. The van der Waals surface area contributed by atoms with E-state index < -0.39 is 0 Å². The minimum absolute atomic E-state index is 0.0806. The Balaban J connectivity index is 2.69. The Morgan fingerprint density at radius 2 is 2.07 bits per heavy atom. The van der Waals surface area contributed by atoms with E-state index in [0.29, 0.717) is 5.16 Å². The van der Waals surface area contributed by atoms with Crippen LogP contribution < -0.4 is 11.5 Å². The zero-order valence-corrected chi connectivity index (χ0v) is 8.40. The molecule has 0 aliphatic rings. The molecule has 0 aliphatic heterocycles. The van der Waals surface area contributed by atoms with Gasteiger partial charge in [-0.2, -0.15) is 5.10 Å². The van der Waals surface area contributed by atoms with Crippen LogP contribution in [0.5, 0.6) is 0 Å². The molecule has 14 heavy (non-hydrogen) atoms. The van der Waals surface area contributed by atoms with Gasteiger partial charge in [-0.05, 0) is 6.26 Å². The van der Waals surface area contributed by atoms with Crippen molar-refractivity contribution in [3.05, 3.63) is 18.0 Å². The van der Waals surface area contributed by atoms with E-state index in [1.807, 2.05) is 6.26 Å². The molecule has 0 aliphatic carbocycles. The summed E-state index contributed by atoms with van der Waals surface area (Å²) in [4.78, 5) is 8.09. The SMILES string of the molecule is CSc1ncc(/C=N/N=C(N)N)cn1. The summed E-state index contributed by atoms with van der Waals surface area (Å²) < 4.78 is 0. The predicted octanol–water partition coefficient (Wildman–Crippen LogP) is -0.194. The van der Waals surface area contributed by atoms with E-state index in [0.717, 1.165) is 5.56 Å². The highest BCUT2D eigenvalue weighted by Crippen LogP contribution is 2.05. The lowest BCUT2D eigenvalue weighted by Gasteiger charge is -1.93. The lowest BCUT2D eigenvalue weighted by Crippen LogP contribution is -2.21. The molecule has 0 saturated carbocycles. The van der Waals surface area contributed by atoms with E-state index in [1.54, 1.807) is 12.4 Å². The second kappa shape index (κ2) is 5.18. The molecular formula is C7H10N6S. The maximum atomic E-state index is 5.08. The largest absolute Gasteiger partial charge is 0.369 e. The Morgan fingerprint density at radius 3 is 2.57 bits per heavy atom. The Bertz CT molecular complexity index is 340. The molecule has 0 bridgehead atoms. The van der Waals surface area contributed by atoms with Crippen LogP contribution in [0.1, 0.15) is 5.56 Å². The van der Waals surface area contributed by atoms with Gasteiger partial charge in [0.05, 0.1) is 6.21 Å². The zero-order chi connectivity index (χ0) is 10.4. The number of thioether (sulfide) groups is 1. The fraction of sp³-hybridized carbons (Fsp3) is 0.143. The topological polar surface area (TPSA) is 103 Å². The Labute approximate surface area is 85.5 Å². The van der Waals surface area contributed by atoms with Gasteiger partial charge in [-0.25, -0.2) is 9.97 Å². The van der Waals surface area contributed by atoms with Crippen molar-refractivity contribution in [1.29, 1.82) is 0 Å². The molecule has 0 fully saturated rings. The first-order valence-electron chi connectivity index (χ1n) is 3.70. The van der Waals surface area contributed by atoms with E-state index in [1.165, 1.54) is 18.0 Å². The van der Waals surface area contributed by atoms with Gasteiger partial charge in [-0.15, -0.1) is 5.10 Å². The molecule has 0 atom stereocenters. The predicted molar refractivity (Wildman–Crippen MR) is 57.2 cm³/mol. The van der Waals surface area contributed by atoms with Gasteiger partial charge in [0.1, 0.15) is 0 Å². The van der Waals surface area contributed by atoms with Crippen LogP contribution in [0.3, 0.4) is 0 Å². The number of rotatable bonds is 3. The molecule has 6 nitrogen and oxygen atoms in total. The first-order valence-corrected chi connectivity index (χ1v) is 4.93. The summed E-state index contributed by atoms with van der Waals surface area (Å²) in [6, 6.07) is 0. The van der Waals surface area contributed by atoms with Crippen LogP contribution >= 0.6 is 11.8 Å². The molecular weight excluding hydrogens is 200 g/mol. The van der Waals surface area contributed by atoms with Gasteiger partial charge in [0.2, 0.25) is 5.96 Å². The highest BCUT2D eigenvalue weighted by molar-refractivity contribution is 7.98. The van der Waals surface area contributed by atoms with Crippen molar-refractivity contribution in [3.8, 4) is 0 Å². The number of nitrogens with two attached hydrogens (primary N) is 2. The third-order valence-corrected chi connectivity index (χ3v) is 1.79. The maximum Gasteiger partial charge on any atom is 0.211 e. The third kappa shape index (κ3) is 3.40. The summed E-state index contributed by atoms with van der Waals surface area (Å²) in [7, 11) is 0. The summed E-state index contributed by atoms with van der Waals surface area (Å²) in [6.07, 6.45) is 6.67. The summed E-state index contributed by atoms with van der Waals surface area (Å²) >= 11 is 1.47. The normalized spacial score (nSPS) is 10.4. The van der Waals surface area contributed by atoms with Crippen LogP contribution in [0.25, 0.3) is 0 Å². The molecule has 0 amide bonds. The smallest absolute Gasteiger partial charge is 0.211 e. The molecule has 1 aromatic rings. The molecule has 0 saturated heterocycles. The Kier molecular flexibility index (Phi) is 3.86. The number of hydrogen-bond donors (Lipinski definition) is 2. The molecule has 0 aromatic carbocycles. The average molecular weight is 210 g/mol. The molecule has 0 spiro atoms. The van der Waals surface area contributed by atoms with Crippen molar-refractivity contribution >= 4 is 23.9 Å². The summed E-state index contributed by atoms with van der Waals surface area (Å²) in [5.74, 6) is -0.0806. The van der Waals surface area contributed by atoms with Gasteiger partial charge in [-0.1, -0.05) is 11.8 Å². The van der Waals surface area contributed by atoms with E-state index in [2.05, 4.69) is 20.2 Å². The van der Waals surface area contributed by atoms with Crippen molar-refractivity contribution in [3.63, 3.8) is 0 Å². The van der Waals surface area contributed by atoms with Crippen LogP contribution in [0.15, 0.2) is 27.8 Å². The first kappa shape index (κ1) is 10.5. The fourth-order valence-corrected chi connectivity index (χ4v) is 0.977. The minimum Gasteiger partial charge on any atom is -0.369 e. The van der Waals surface area contributed by atoms with Gasteiger partial charge in [-0.3, -0.25) is 0 Å². The Morgan fingerprint density at radius 1 is 1.43 bits per heavy atom. The van der Waals surface area contributed by atoms with E-state index >= 15 is 0 Å². The van der Waals surface area contributed by atoms with Crippen molar-refractivity contribution in [2.75, 3.05) is 6.26 Å². The van der Waals surface area contributed by atoms with Crippen LogP contribution in [0.2, 0.25) is 0 Å². The standard InChI is InChI=1S/C7H10N6S/c1-14-7-10-2-5(3-11-7)4-12-13-6(8)9/h2-4H,1H3,(H4,8,9,13)/b12-4+. The van der Waals surface area contributed by atoms with E-state index in [-0.39, 0.29) is 5.96 Å². The second-order valence-corrected chi connectivity index (χ2v) is 3.05. The average Bonchev–Trinajstić information content (AvgIpc) is 2.18. The number of hydrogen-bond acceptors (Lipinski definition) is 5. The fourth-order valence-electron chi connectivity index (χ4n) is 0.660. The van der Waals surface area contributed by atoms with Crippen LogP contribution in [0, 0.1) is 0 Å². The number of aromatic nitrogens is 2.